The molecule has 1 aromatic heterocycles. The minimum Gasteiger partial charge on any atom is -0.383 e. The quantitative estimate of drug-likeness (QED) is 0.788. The molecule has 1 aromatic rings. The molecule has 0 unspecified atom stereocenters. The van der Waals surface area contributed by atoms with Gasteiger partial charge < -0.3 is 10.4 Å². The highest BCUT2D eigenvalue weighted by atomic mass is 79.9. The molecule has 0 saturated heterocycles. The lowest BCUT2D eigenvalue weighted by atomic mass is 9.75. The Balaban J connectivity index is 2.14. The maximum atomic E-state index is 13.8. The number of anilines is 1. The van der Waals surface area contributed by atoms with Crippen molar-refractivity contribution in [3.8, 4) is 0 Å². The average Bonchev–Trinajstić information content (AvgIpc) is 2.67. The molecule has 1 aliphatic carbocycles. The van der Waals surface area contributed by atoms with Crippen LogP contribution in [0.4, 0.5) is 14.6 Å². The van der Waals surface area contributed by atoms with Crippen molar-refractivity contribution in [2.45, 2.75) is 44.1 Å². The Morgan fingerprint density at radius 3 is 2.68 bits per heavy atom. The van der Waals surface area contributed by atoms with Crippen LogP contribution in [-0.2, 0) is 11.2 Å². The van der Waals surface area contributed by atoms with Gasteiger partial charge in [-0.1, -0.05) is 6.92 Å². The van der Waals surface area contributed by atoms with E-state index in [2.05, 4.69) is 26.1 Å². The lowest BCUT2D eigenvalue weighted by molar-refractivity contribution is -0.212. The fraction of sp³-hybridized carbons (Fsp3) is 0.636. The molecule has 5 nitrogen and oxygen atoms in total. The van der Waals surface area contributed by atoms with E-state index >= 15 is 0 Å². The van der Waals surface area contributed by atoms with Crippen LogP contribution in [0, 0.1) is 0 Å². The molecule has 3 N–H and O–H groups in total. The van der Waals surface area contributed by atoms with Gasteiger partial charge in [0.1, 0.15) is 5.60 Å². The summed E-state index contributed by atoms with van der Waals surface area (Å²) < 4.78 is 28.1. The van der Waals surface area contributed by atoms with Crippen molar-refractivity contribution in [2.24, 2.45) is 0 Å². The number of aliphatic hydroxyl groups is 1. The van der Waals surface area contributed by atoms with Crippen LogP contribution in [0.2, 0.25) is 0 Å². The van der Waals surface area contributed by atoms with Crippen LogP contribution >= 0.6 is 15.9 Å². The molecule has 106 valence electrons. The topological polar surface area (TPSA) is 78.0 Å². The van der Waals surface area contributed by atoms with E-state index in [-0.39, 0.29) is 18.7 Å². The third-order valence-corrected chi connectivity index (χ3v) is 4.27. The Hall–Kier alpha value is -1.02. The Bertz CT molecular complexity index is 500. The third-order valence-electron chi connectivity index (χ3n) is 3.41. The Morgan fingerprint density at radius 1 is 1.63 bits per heavy atom. The summed E-state index contributed by atoms with van der Waals surface area (Å²) in [5, 5.41) is 18.1. The van der Waals surface area contributed by atoms with E-state index < -0.39 is 17.4 Å². The fourth-order valence-corrected chi connectivity index (χ4v) is 2.46. The monoisotopic (exact) mass is 337 g/mol. The molecule has 19 heavy (non-hydrogen) atoms. The summed E-state index contributed by atoms with van der Waals surface area (Å²) in [4.78, 5) is 11.6. The fourth-order valence-electron chi connectivity index (χ4n) is 1.90. The minimum absolute atomic E-state index is 0.00412. The van der Waals surface area contributed by atoms with Gasteiger partial charge in [0.25, 0.3) is 5.91 Å². The van der Waals surface area contributed by atoms with Crippen LogP contribution in [0.25, 0.3) is 0 Å². The summed E-state index contributed by atoms with van der Waals surface area (Å²) >= 11 is 3.17. The molecule has 0 radical (unpaired) electrons. The predicted molar refractivity (Wildman–Crippen MR) is 68.0 cm³/mol. The first-order chi connectivity index (χ1) is 8.82. The second kappa shape index (κ2) is 4.82. The Labute approximate surface area is 116 Å². The number of carbonyl (C=O) groups is 1. The van der Waals surface area contributed by atoms with Gasteiger partial charge in [-0.05, 0) is 41.6 Å². The molecule has 1 aliphatic rings. The standard InChI is InChI=1S/C11H14BrF2N3O2/c1-2-6-7(12)8(17-16-6)15-9(18)11(13,14)10(19)4-3-5-10/h19H,2-5H2,1H3,(H2,15,16,17,18). The molecule has 0 aromatic carbocycles. The van der Waals surface area contributed by atoms with Crippen LogP contribution < -0.4 is 5.32 Å². The average molecular weight is 338 g/mol. The van der Waals surface area contributed by atoms with Crippen molar-refractivity contribution in [3.63, 3.8) is 0 Å². The van der Waals surface area contributed by atoms with E-state index in [1.54, 1.807) is 0 Å². The van der Waals surface area contributed by atoms with Crippen LogP contribution in [0.1, 0.15) is 31.9 Å². The molecule has 0 aliphatic heterocycles. The third kappa shape index (κ3) is 2.27. The minimum atomic E-state index is -3.82. The number of alkyl halides is 2. The molecule has 1 fully saturated rings. The summed E-state index contributed by atoms with van der Waals surface area (Å²) in [5.41, 5.74) is -1.53. The lowest BCUT2D eigenvalue weighted by Crippen LogP contribution is -2.59. The predicted octanol–water partition coefficient (Wildman–Crippen LogP) is 2.22. The van der Waals surface area contributed by atoms with Crippen molar-refractivity contribution in [1.82, 2.24) is 10.2 Å². The Morgan fingerprint density at radius 2 is 2.26 bits per heavy atom. The first-order valence-electron chi connectivity index (χ1n) is 5.96. The molecule has 8 heteroatoms. The highest BCUT2D eigenvalue weighted by Gasteiger charge is 2.61. The van der Waals surface area contributed by atoms with E-state index in [1.165, 1.54) is 0 Å². The zero-order valence-electron chi connectivity index (χ0n) is 10.3. The van der Waals surface area contributed by atoms with E-state index in [0.717, 1.165) is 0 Å². The molecule has 2 rings (SSSR count). The number of rotatable bonds is 4. The summed E-state index contributed by atoms with van der Waals surface area (Å²) in [6.07, 6.45) is 0.958. The van der Waals surface area contributed by atoms with Crippen molar-refractivity contribution < 1.29 is 18.7 Å². The normalized spacial score (nSPS) is 17.9. The molecule has 0 atom stereocenters. The number of nitrogens with one attached hydrogen (secondary N) is 2. The van der Waals surface area contributed by atoms with Crippen LogP contribution in [-0.4, -0.2) is 32.7 Å². The second-order valence-electron chi connectivity index (χ2n) is 4.63. The first kappa shape index (κ1) is 14.4. The number of nitrogens with zero attached hydrogens (tertiary/aromatic N) is 1. The van der Waals surface area contributed by atoms with Gasteiger partial charge in [0.05, 0.1) is 10.2 Å². The van der Waals surface area contributed by atoms with E-state index in [4.69, 9.17) is 0 Å². The van der Waals surface area contributed by atoms with E-state index in [1.807, 2.05) is 12.2 Å². The van der Waals surface area contributed by atoms with Gasteiger partial charge >= 0.3 is 5.92 Å². The van der Waals surface area contributed by atoms with Crippen LogP contribution in [0.15, 0.2) is 4.47 Å². The number of aromatic nitrogens is 2. The van der Waals surface area contributed by atoms with Crippen LogP contribution in [0.5, 0.6) is 0 Å². The van der Waals surface area contributed by atoms with Crippen LogP contribution in [0.3, 0.4) is 0 Å². The van der Waals surface area contributed by atoms with Crippen molar-refractivity contribution in [3.05, 3.63) is 10.2 Å². The van der Waals surface area contributed by atoms with Crippen molar-refractivity contribution in [1.29, 1.82) is 0 Å². The van der Waals surface area contributed by atoms with Gasteiger partial charge in [-0.3, -0.25) is 9.89 Å². The summed E-state index contributed by atoms with van der Waals surface area (Å²) in [5.74, 6) is -5.36. The van der Waals surface area contributed by atoms with E-state index in [9.17, 15) is 18.7 Å². The van der Waals surface area contributed by atoms with Crippen molar-refractivity contribution >= 4 is 27.7 Å². The number of amides is 1. The molecule has 0 bridgehead atoms. The Kier molecular flexibility index (Phi) is 3.65. The van der Waals surface area contributed by atoms with Gasteiger partial charge in [-0.2, -0.15) is 13.9 Å². The maximum Gasteiger partial charge on any atom is 0.352 e. The van der Waals surface area contributed by atoms with Gasteiger partial charge in [-0.15, -0.1) is 0 Å². The summed E-state index contributed by atoms with van der Waals surface area (Å²) in [6.45, 7) is 1.86. The number of halogens is 3. The van der Waals surface area contributed by atoms with Gasteiger partial charge in [0.15, 0.2) is 5.82 Å². The van der Waals surface area contributed by atoms with Crippen molar-refractivity contribution in [2.75, 3.05) is 5.32 Å². The number of aryl methyl sites for hydroxylation is 1. The molecular formula is C11H14BrF2N3O2. The van der Waals surface area contributed by atoms with Gasteiger partial charge in [0, 0.05) is 0 Å². The number of carbonyl (C=O) groups excluding carboxylic acids is 1. The number of hydrogen-bond donors (Lipinski definition) is 3. The highest BCUT2D eigenvalue weighted by Crippen LogP contribution is 2.44. The van der Waals surface area contributed by atoms with Gasteiger partial charge in [0.2, 0.25) is 0 Å². The SMILES string of the molecule is CCc1[nH]nc(NC(=O)C(F)(F)C2(O)CCC2)c1Br. The number of H-pyrrole nitrogens is 1. The molecular weight excluding hydrogens is 324 g/mol. The zero-order chi connectivity index (χ0) is 14.3. The van der Waals surface area contributed by atoms with E-state index in [0.29, 0.717) is 23.0 Å². The number of hydrogen-bond acceptors (Lipinski definition) is 3. The molecule has 0 spiro atoms. The summed E-state index contributed by atoms with van der Waals surface area (Å²) in [7, 11) is 0. The lowest BCUT2D eigenvalue weighted by Gasteiger charge is -2.41. The number of aromatic amines is 1. The summed E-state index contributed by atoms with van der Waals surface area (Å²) in [6, 6.07) is 0. The smallest absolute Gasteiger partial charge is 0.352 e. The van der Waals surface area contributed by atoms with Gasteiger partial charge in [-0.25, -0.2) is 0 Å². The zero-order valence-corrected chi connectivity index (χ0v) is 11.9. The second-order valence-corrected chi connectivity index (χ2v) is 5.42. The molecule has 1 amide bonds. The first-order valence-corrected chi connectivity index (χ1v) is 6.75. The molecule has 1 saturated carbocycles. The molecule has 1 heterocycles. The highest BCUT2D eigenvalue weighted by molar-refractivity contribution is 9.10. The largest absolute Gasteiger partial charge is 0.383 e. The maximum absolute atomic E-state index is 13.8.